The number of likely N-dealkylation sites (tertiary alicyclic amines) is 1. The van der Waals surface area contributed by atoms with E-state index in [4.69, 9.17) is 18.9 Å². The maximum absolute atomic E-state index is 13.8. The van der Waals surface area contributed by atoms with Crippen LogP contribution in [0.4, 0.5) is 5.69 Å². The van der Waals surface area contributed by atoms with Crippen molar-refractivity contribution in [2.75, 3.05) is 51.1 Å². The maximum atomic E-state index is 13.8. The Morgan fingerprint density at radius 1 is 0.848 bits per heavy atom. The Labute approximate surface area is 194 Å². The van der Waals surface area contributed by atoms with E-state index in [2.05, 4.69) is 24.0 Å². The van der Waals surface area contributed by atoms with E-state index < -0.39 is 11.6 Å². The number of amides is 1. The van der Waals surface area contributed by atoms with E-state index in [1.54, 1.807) is 0 Å². The van der Waals surface area contributed by atoms with E-state index in [1.807, 2.05) is 47.4 Å². The molecule has 4 aliphatic heterocycles. The third-order valence-corrected chi connectivity index (χ3v) is 7.51. The average Bonchev–Trinajstić information content (AvgIpc) is 3.40. The molecule has 6 rings (SSSR count). The van der Waals surface area contributed by atoms with E-state index in [-0.39, 0.29) is 11.3 Å². The van der Waals surface area contributed by atoms with Crippen LogP contribution in [0.1, 0.15) is 30.9 Å². The molecule has 0 radical (unpaired) electrons. The van der Waals surface area contributed by atoms with E-state index in [0.717, 1.165) is 42.7 Å². The number of nitrogens with zero attached hydrogens (tertiary/aromatic N) is 2. The second-order valence-electron chi connectivity index (χ2n) is 9.74. The summed E-state index contributed by atoms with van der Waals surface area (Å²) in [6.45, 7) is 6.39. The highest BCUT2D eigenvalue weighted by Crippen LogP contribution is 2.48. The molecule has 7 nitrogen and oxygen atoms in total. The van der Waals surface area contributed by atoms with Gasteiger partial charge in [-0.15, -0.1) is 0 Å². The first-order chi connectivity index (χ1) is 16.0. The van der Waals surface area contributed by atoms with Gasteiger partial charge in [0, 0.05) is 36.9 Å². The second kappa shape index (κ2) is 7.89. The first-order valence-electron chi connectivity index (χ1n) is 11.8. The monoisotopic (exact) mass is 450 g/mol. The Bertz CT molecular complexity index is 1020. The minimum absolute atomic E-state index is 0.146. The first kappa shape index (κ1) is 21.3. The SMILES string of the molecule is CC1(c2ccccc2)COC2(OC1)C(=O)N(CN1CCC3(CC1)OCCO3)c1ccccc12. The molecule has 7 heteroatoms. The molecule has 33 heavy (non-hydrogen) atoms. The number of benzene rings is 2. The second-order valence-corrected chi connectivity index (χ2v) is 9.74. The molecule has 3 saturated heterocycles. The molecule has 2 aromatic rings. The van der Waals surface area contributed by atoms with E-state index in [1.165, 1.54) is 0 Å². The van der Waals surface area contributed by atoms with Crippen LogP contribution in [0.2, 0.25) is 0 Å². The van der Waals surface area contributed by atoms with Crippen LogP contribution >= 0.6 is 0 Å². The van der Waals surface area contributed by atoms with Crippen molar-refractivity contribution in [2.24, 2.45) is 0 Å². The van der Waals surface area contributed by atoms with E-state index >= 15 is 0 Å². The fraction of sp³-hybridized carbons (Fsp3) is 0.500. The van der Waals surface area contributed by atoms with Crippen molar-refractivity contribution >= 4 is 11.6 Å². The summed E-state index contributed by atoms with van der Waals surface area (Å²) in [7, 11) is 0. The molecule has 2 aromatic carbocycles. The van der Waals surface area contributed by atoms with Gasteiger partial charge in [-0.25, -0.2) is 0 Å². The van der Waals surface area contributed by atoms with Crippen LogP contribution in [0.15, 0.2) is 54.6 Å². The molecule has 0 N–H and O–H groups in total. The highest BCUT2D eigenvalue weighted by Gasteiger charge is 2.58. The topological polar surface area (TPSA) is 60.5 Å². The maximum Gasteiger partial charge on any atom is 0.293 e. The normalized spacial score (nSPS) is 31.4. The fourth-order valence-electron chi connectivity index (χ4n) is 5.44. The van der Waals surface area contributed by atoms with Crippen molar-refractivity contribution in [3.05, 3.63) is 65.7 Å². The Morgan fingerprint density at radius 3 is 2.18 bits per heavy atom. The molecule has 4 heterocycles. The summed E-state index contributed by atoms with van der Waals surface area (Å²) in [5.74, 6) is -1.95. The largest absolute Gasteiger partial charge is 0.347 e. The Morgan fingerprint density at radius 2 is 1.48 bits per heavy atom. The lowest BCUT2D eigenvalue weighted by molar-refractivity contribution is -0.276. The van der Waals surface area contributed by atoms with Gasteiger partial charge < -0.3 is 18.9 Å². The van der Waals surface area contributed by atoms with Crippen LogP contribution in [-0.2, 0) is 34.9 Å². The third kappa shape index (κ3) is 3.42. The van der Waals surface area contributed by atoms with Gasteiger partial charge in [0.05, 0.1) is 38.8 Å². The number of ether oxygens (including phenoxy) is 4. The summed E-state index contributed by atoms with van der Waals surface area (Å²) in [6.07, 6.45) is 1.62. The van der Waals surface area contributed by atoms with Gasteiger partial charge in [-0.3, -0.25) is 14.6 Å². The minimum Gasteiger partial charge on any atom is -0.347 e. The summed E-state index contributed by atoms with van der Waals surface area (Å²) in [6, 6.07) is 18.0. The number of rotatable bonds is 3. The van der Waals surface area contributed by atoms with Gasteiger partial charge in [0.2, 0.25) is 0 Å². The molecule has 1 amide bonds. The first-order valence-corrected chi connectivity index (χ1v) is 11.8. The lowest BCUT2D eigenvalue weighted by atomic mass is 9.83. The molecule has 3 fully saturated rings. The number of carbonyl (C=O) groups is 1. The molecule has 0 atom stereocenters. The van der Waals surface area contributed by atoms with Gasteiger partial charge >= 0.3 is 0 Å². The van der Waals surface area contributed by atoms with E-state index in [9.17, 15) is 4.79 Å². The number of fused-ring (bicyclic) bond motifs is 2. The van der Waals surface area contributed by atoms with Gasteiger partial charge in [0.25, 0.3) is 11.7 Å². The van der Waals surface area contributed by atoms with Crippen molar-refractivity contribution in [3.63, 3.8) is 0 Å². The van der Waals surface area contributed by atoms with Gasteiger partial charge in [-0.1, -0.05) is 55.5 Å². The van der Waals surface area contributed by atoms with Gasteiger partial charge in [0.1, 0.15) is 0 Å². The van der Waals surface area contributed by atoms with Crippen LogP contribution in [-0.4, -0.2) is 62.8 Å². The molecule has 2 spiro atoms. The van der Waals surface area contributed by atoms with Crippen LogP contribution in [0.3, 0.4) is 0 Å². The number of anilines is 1. The van der Waals surface area contributed by atoms with Crippen molar-refractivity contribution < 1.29 is 23.7 Å². The van der Waals surface area contributed by atoms with Gasteiger partial charge in [-0.2, -0.15) is 0 Å². The third-order valence-electron chi connectivity index (χ3n) is 7.51. The summed E-state index contributed by atoms with van der Waals surface area (Å²) in [5.41, 5.74) is 2.49. The van der Waals surface area contributed by atoms with Crippen LogP contribution in [0.25, 0.3) is 0 Å². The number of para-hydroxylation sites is 1. The molecule has 0 unspecified atom stereocenters. The zero-order valence-electron chi connectivity index (χ0n) is 19.0. The Kier molecular flexibility index (Phi) is 5.08. The van der Waals surface area contributed by atoms with Crippen LogP contribution in [0, 0.1) is 0 Å². The molecule has 0 aliphatic carbocycles. The fourth-order valence-corrected chi connectivity index (χ4v) is 5.44. The molecule has 0 saturated carbocycles. The number of hydrogen-bond donors (Lipinski definition) is 0. The molecular weight excluding hydrogens is 420 g/mol. The predicted molar refractivity (Wildman–Crippen MR) is 122 cm³/mol. The molecular formula is C26H30N2O5. The molecule has 0 bridgehead atoms. The number of piperidine rings is 1. The molecule has 0 aromatic heterocycles. The van der Waals surface area contributed by atoms with Crippen molar-refractivity contribution in [3.8, 4) is 0 Å². The highest BCUT2D eigenvalue weighted by molar-refractivity contribution is 6.06. The summed E-state index contributed by atoms with van der Waals surface area (Å²) >= 11 is 0. The summed E-state index contributed by atoms with van der Waals surface area (Å²) in [4.78, 5) is 17.9. The van der Waals surface area contributed by atoms with Crippen molar-refractivity contribution in [1.29, 1.82) is 0 Å². The van der Waals surface area contributed by atoms with Crippen LogP contribution in [0.5, 0.6) is 0 Å². The smallest absolute Gasteiger partial charge is 0.293 e. The van der Waals surface area contributed by atoms with Gasteiger partial charge in [0.15, 0.2) is 5.79 Å². The zero-order chi connectivity index (χ0) is 22.5. The standard InChI is InChI=1S/C26H30N2O5/c1-24(20-7-3-2-4-8-20)17-32-26(33-18-24)21-9-5-6-10-22(21)28(23(26)29)19-27-13-11-25(12-14-27)30-15-16-31-25/h2-10H,11-19H2,1H3. The average molecular weight is 451 g/mol. The predicted octanol–water partition coefficient (Wildman–Crippen LogP) is 2.99. The number of hydrogen-bond acceptors (Lipinski definition) is 6. The Hall–Kier alpha value is -2.29. The van der Waals surface area contributed by atoms with Gasteiger partial charge in [-0.05, 0) is 11.6 Å². The van der Waals surface area contributed by atoms with Crippen molar-refractivity contribution in [1.82, 2.24) is 4.90 Å². The Balaban J connectivity index is 1.21. The van der Waals surface area contributed by atoms with Crippen LogP contribution < -0.4 is 4.90 Å². The molecule has 4 aliphatic rings. The summed E-state index contributed by atoms with van der Waals surface area (Å²) in [5, 5.41) is 0. The zero-order valence-corrected chi connectivity index (χ0v) is 19.0. The van der Waals surface area contributed by atoms with Crippen molar-refractivity contribution in [2.45, 2.75) is 36.8 Å². The van der Waals surface area contributed by atoms with E-state index in [0.29, 0.717) is 33.1 Å². The highest BCUT2D eigenvalue weighted by atomic mass is 16.7. The number of carbonyl (C=O) groups excluding carboxylic acids is 1. The minimum atomic E-state index is -1.38. The lowest BCUT2D eigenvalue weighted by Crippen LogP contribution is -2.55. The lowest BCUT2D eigenvalue weighted by Gasteiger charge is -2.43. The summed E-state index contributed by atoms with van der Waals surface area (Å²) < 4.78 is 24.4. The quantitative estimate of drug-likeness (QED) is 0.717. The molecule has 174 valence electrons.